The number of tetrazole rings is 1. The number of benzene rings is 1. The van der Waals surface area contributed by atoms with Crippen molar-refractivity contribution in [2.75, 3.05) is 0 Å². The fourth-order valence-electron chi connectivity index (χ4n) is 4.82. The highest BCUT2D eigenvalue weighted by Crippen LogP contribution is 2.25. The maximum Gasteiger partial charge on any atom is 0.334 e. The second-order valence-electron chi connectivity index (χ2n) is 9.94. The lowest BCUT2D eigenvalue weighted by Crippen LogP contribution is -2.27. The lowest BCUT2D eigenvalue weighted by molar-refractivity contribution is 0.101. The van der Waals surface area contributed by atoms with Gasteiger partial charge in [-0.2, -0.15) is 0 Å². The number of carbonyl (C=O) groups is 1. The molecule has 0 saturated carbocycles. The van der Waals surface area contributed by atoms with Crippen LogP contribution in [0.4, 0.5) is 0 Å². The summed E-state index contributed by atoms with van der Waals surface area (Å²) in [5.41, 5.74) is 4.88. The van der Waals surface area contributed by atoms with Crippen molar-refractivity contribution in [2.45, 2.75) is 59.5 Å². The van der Waals surface area contributed by atoms with Gasteiger partial charge in [0.05, 0.1) is 17.8 Å². The average molecular weight is 525 g/mol. The van der Waals surface area contributed by atoms with Crippen molar-refractivity contribution in [2.24, 2.45) is 0 Å². The standard InChI is InChI=1S/C29H32N8O2/c1-5-6-10-25-18-37(28-26(20(4)38)12-14-35(28)19(2)3)29(39)36(25)17-24-16-22(11-13-30-24)21-8-7-9-23(15-21)27-31-33-34-32-27/h7-9,11-16,18-19H,5-6,10,17H2,1-4H3,(H,31,32,33,34). The summed E-state index contributed by atoms with van der Waals surface area (Å²) in [5, 5.41) is 14.1. The van der Waals surface area contributed by atoms with Crippen LogP contribution in [0.15, 0.2) is 65.8 Å². The summed E-state index contributed by atoms with van der Waals surface area (Å²) in [6, 6.07) is 13.8. The summed E-state index contributed by atoms with van der Waals surface area (Å²) in [5.74, 6) is 1.13. The lowest BCUT2D eigenvalue weighted by Gasteiger charge is -2.14. The fraction of sp³-hybridized carbons (Fsp3) is 0.310. The molecule has 1 aromatic carbocycles. The summed E-state index contributed by atoms with van der Waals surface area (Å²) < 4.78 is 5.38. The molecule has 4 heterocycles. The van der Waals surface area contributed by atoms with Crippen LogP contribution < -0.4 is 5.69 Å². The Labute approximate surface area is 226 Å². The van der Waals surface area contributed by atoms with Gasteiger partial charge >= 0.3 is 5.69 Å². The van der Waals surface area contributed by atoms with Crippen LogP contribution in [-0.4, -0.2) is 45.1 Å². The highest BCUT2D eigenvalue weighted by atomic mass is 16.2. The van der Waals surface area contributed by atoms with E-state index in [1.807, 2.05) is 67.2 Å². The maximum absolute atomic E-state index is 13.9. The highest BCUT2D eigenvalue weighted by Gasteiger charge is 2.21. The van der Waals surface area contributed by atoms with Crippen molar-refractivity contribution in [3.8, 4) is 28.3 Å². The zero-order valence-electron chi connectivity index (χ0n) is 22.6. The molecule has 1 N–H and O–H groups in total. The van der Waals surface area contributed by atoms with E-state index in [0.29, 0.717) is 23.8 Å². The van der Waals surface area contributed by atoms with Crippen molar-refractivity contribution in [3.63, 3.8) is 0 Å². The van der Waals surface area contributed by atoms with Gasteiger partial charge in [0.25, 0.3) is 0 Å². The predicted molar refractivity (Wildman–Crippen MR) is 149 cm³/mol. The van der Waals surface area contributed by atoms with E-state index in [4.69, 9.17) is 0 Å². The number of aromatic amines is 1. The number of H-pyrrole nitrogens is 1. The molecule has 200 valence electrons. The monoisotopic (exact) mass is 524 g/mol. The summed E-state index contributed by atoms with van der Waals surface area (Å²) in [4.78, 5) is 30.9. The van der Waals surface area contributed by atoms with Gasteiger partial charge in [0.2, 0.25) is 0 Å². The zero-order chi connectivity index (χ0) is 27.5. The number of hydrogen-bond acceptors (Lipinski definition) is 6. The largest absolute Gasteiger partial charge is 0.334 e. The van der Waals surface area contributed by atoms with Gasteiger partial charge in [-0.25, -0.2) is 9.89 Å². The predicted octanol–water partition coefficient (Wildman–Crippen LogP) is 4.86. The molecule has 4 aromatic heterocycles. The van der Waals surface area contributed by atoms with Gasteiger partial charge in [-0.15, -0.1) is 5.10 Å². The molecule has 0 amide bonds. The normalized spacial score (nSPS) is 11.4. The molecule has 0 unspecified atom stereocenters. The molecule has 39 heavy (non-hydrogen) atoms. The number of pyridine rings is 1. The van der Waals surface area contributed by atoms with Gasteiger partial charge in [0, 0.05) is 35.9 Å². The second kappa shape index (κ2) is 11.0. The minimum atomic E-state index is -0.184. The van der Waals surface area contributed by atoms with E-state index in [1.54, 1.807) is 21.4 Å². The molecule has 0 aliphatic heterocycles. The molecule has 0 saturated heterocycles. The lowest BCUT2D eigenvalue weighted by atomic mass is 10.0. The molecular formula is C29H32N8O2. The van der Waals surface area contributed by atoms with E-state index in [2.05, 4.69) is 32.5 Å². The molecule has 0 bridgehead atoms. The number of aryl methyl sites for hydroxylation is 1. The van der Waals surface area contributed by atoms with Crippen molar-refractivity contribution in [3.05, 3.63) is 88.5 Å². The number of ketones is 1. The average Bonchev–Trinajstić information content (AvgIpc) is 3.68. The Morgan fingerprint density at radius 3 is 2.59 bits per heavy atom. The molecule has 0 aliphatic carbocycles. The molecule has 5 aromatic rings. The van der Waals surface area contributed by atoms with Crippen molar-refractivity contribution in [1.29, 1.82) is 0 Å². The smallest absolute Gasteiger partial charge is 0.331 e. The van der Waals surface area contributed by atoms with Crippen LogP contribution in [-0.2, 0) is 13.0 Å². The molecule has 10 nitrogen and oxygen atoms in total. The summed E-state index contributed by atoms with van der Waals surface area (Å²) in [6.45, 7) is 8.06. The molecule has 0 aliphatic rings. The maximum atomic E-state index is 13.9. The Kier molecular flexibility index (Phi) is 7.36. The molecule has 0 spiro atoms. The molecular weight excluding hydrogens is 492 g/mol. The Balaban J connectivity index is 1.55. The van der Waals surface area contributed by atoms with Crippen molar-refractivity contribution >= 4 is 5.78 Å². The molecule has 0 atom stereocenters. The zero-order valence-corrected chi connectivity index (χ0v) is 22.6. The van der Waals surface area contributed by atoms with E-state index >= 15 is 0 Å². The number of nitrogens with one attached hydrogen (secondary N) is 1. The summed E-state index contributed by atoms with van der Waals surface area (Å²) in [6.07, 6.45) is 8.23. The Hall–Kier alpha value is -4.60. The van der Waals surface area contributed by atoms with Gasteiger partial charge in [-0.1, -0.05) is 31.5 Å². The van der Waals surface area contributed by atoms with Crippen LogP contribution in [0.25, 0.3) is 28.3 Å². The van der Waals surface area contributed by atoms with Gasteiger partial charge in [0.1, 0.15) is 5.82 Å². The first kappa shape index (κ1) is 26.0. The van der Waals surface area contributed by atoms with Crippen LogP contribution >= 0.6 is 0 Å². The Bertz CT molecular complexity index is 1660. The van der Waals surface area contributed by atoms with Crippen LogP contribution in [0.2, 0.25) is 0 Å². The molecule has 10 heteroatoms. The number of carbonyl (C=O) groups excluding carboxylic acids is 1. The first-order valence-corrected chi connectivity index (χ1v) is 13.2. The first-order chi connectivity index (χ1) is 18.9. The first-order valence-electron chi connectivity index (χ1n) is 13.2. The topological polar surface area (TPSA) is 116 Å². The minimum absolute atomic E-state index is 0.0723. The SMILES string of the molecule is CCCCc1cn(-c2c(C(C)=O)ccn2C(C)C)c(=O)n1Cc1cc(-c2cccc(-c3nnn[nH]3)c2)ccn1. The van der Waals surface area contributed by atoms with Crippen molar-refractivity contribution < 1.29 is 4.79 Å². The number of unbranched alkanes of at least 4 members (excludes halogenated alkanes) is 1. The third-order valence-corrected chi connectivity index (χ3v) is 6.85. The van der Waals surface area contributed by atoms with E-state index in [-0.39, 0.29) is 17.5 Å². The number of hydrogen-bond donors (Lipinski definition) is 1. The van der Waals surface area contributed by atoms with Crippen LogP contribution in [0.1, 0.15) is 68.3 Å². The minimum Gasteiger partial charge on any atom is -0.331 e. The third-order valence-electron chi connectivity index (χ3n) is 6.85. The van der Waals surface area contributed by atoms with Gasteiger partial charge < -0.3 is 4.57 Å². The summed E-state index contributed by atoms with van der Waals surface area (Å²) in [7, 11) is 0. The fourth-order valence-corrected chi connectivity index (χ4v) is 4.82. The van der Waals surface area contributed by atoms with Gasteiger partial charge in [-0.05, 0) is 79.4 Å². The Morgan fingerprint density at radius 1 is 1.08 bits per heavy atom. The van der Waals surface area contributed by atoms with Gasteiger partial charge in [0.15, 0.2) is 11.6 Å². The molecule has 0 radical (unpaired) electrons. The third kappa shape index (κ3) is 5.22. The number of rotatable bonds is 10. The van der Waals surface area contributed by atoms with E-state index in [9.17, 15) is 9.59 Å². The summed E-state index contributed by atoms with van der Waals surface area (Å²) >= 11 is 0. The second-order valence-corrected chi connectivity index (χ2v) is 9.94. The number of nitrogens with zero attached hydrogens (tertiary/aromatic N) is 7. The van der Waals surface area contributed by atoms with Crippen LogP contribution in [0.5, 0.6) is 0 Å². The quantitative estimate of drug-likeness (QED) is 0.261. The van der Waals surface area contributed by atoms with E-state index in [0.717, 1.165) is 47.3 Å². The number of aromatic nitrogens is 8. The van der Waals surface area contributed by atoms with E-state index < -0.39 is 0 Å². The van der Waals surface area contributed by atoms with Gasteiger partial charge in [-0.3, -0.25) is 18.9 Å². The van der Waals surface area contributed by atoms with Crippen LogP contribution in [0.3, 0.4) is 0 Å². The highest BCUT2D eigenvalue weighted by molar-refractivity contribution is 5.97. The van der Waals surface area contributed by atoms with Crippen LogP contribution in [0, 0.1) is 0 Å². The number of imidazole rings is 1. The Morgan fingerprint density at radius 2 is 1.87 bits per heavy atom. The number of Topliss-reactive ketones (excluding diaryl/α,β-unsaturated/α-hetero) is 1. The van der Waals surface area contributed by atoms with Crippen molar-refractivity contribution in [1.82, 2.24) is 39.3 Å². The molecule has 5 rings (SSSR count). The molecule has 0 fully saturated rings. The van der Waals surface area contributed by atoms with E-state index in [1.165, 1.54) is 6.92 Å².